The van der Waals surface area contributed by atoms with E-state index in [1.165, 1.54) is 0 Å². The molecular formula is C13H18N2O2. The summed E-state index contributed by atoms with van der Waals surface area (Å²) < 4.78 is 5.33. The van der Waals surface area contributed by atoms with Crippen LogP contribution in [0.3, 0.4) is 0 Å². The van der Waals surface area contributed by atoms with Gasteiger partial charge in [0, 0.05) is 32.6 Å². The lowest BCUT2D eigenvalue weighted by molar-refractivity contribution is 0.0779. The first kappa shape index (κ1) is 10.8. The standard InChI is InChI=1S/C13H18N2O2/c1-2-12-11(3-4-17-12)13(16)15-7-9-5-14-6-10(9)8-15/h3-4,9-10,14H,2,5-8H2,1H3/t9-,10+. The minimum absolute atomic E-state index is 0.144. The summed E-state index contributed by atoms with van der Waals surface area (Å²) in [6, 6.07) is 1.80. The fourth-order valence-corrected chi connectivity index (χ4v) is 3.00. The van der Waals surface area contributed by atoms with E-state index in [1.54, 1.807) is 12.3 Å². The lowest BCUT2D eigenvalue weighted by Crippen LogP contribution is -2.32. The molecule has 2 aliphatic rings. The third-order valence-corrected chi connectivity index (χ3v) is 3.97. The summed E-state index contributed by atoms with van der Waals surface area (Å²) in [4.78, 5) is 14.4. The molecule has 0 saturated carbocycles. The van der Waals surface area contributed by atoms with Gasteiger partial charge < -0.3 is 14.6 Å². The van der Waals surface area contributed by atoms with Gasteiger partial charge in [-0.2, -0.15) is 0 Å². The molecule has 2 fully saturated rings. The first-order valence-electron chi connectivity index (χ1n) is 6.36. The van der Waals surface area contributed by atoms with Crippen LogP contribution in [0.5, 0.6) is 0 Å². The first-order chi connectivity index (χ1) is 8.29. The van der Waals surface area contributed by atoms with Crippen molar-refractivity contribution in [2.75, 3.05) is 26.2 Å². The Kier molecular flexibility index (Phi) is 2.67. The van der Waals surface area contributed by atoms with Gasteiger partial charge in [-0.25, -0.2) is 0 Å². The number of nitrogens with zero attached hydrogens (tertiary/aromatic N) is 1. The number of furan rings is 1. The molecule has 0 bridgehead atoms. The molecule has 0 unspecified atom stereocenters. The summed E-state index contributed by atoms with van der Waals surface area (Å²) in [5.74, 6) is 2.25. The molecule has 1 aromatic rings. The van der Waals surface area contributed by atoms with Crippen molar-refractivity contribution in [3.8, 4) is 0 Å². The van der Waals surface area contributed by atoms with E-state index in [1.807, 2.05) is 11.8 Å². The number of rotatable bonds is 2. The zero-order valence-corrected chi connectivity index (χ0v) is 10.1. The summed E-state index contributed by atoms with van der Waals surface area (Å²) in [5, 5.41) is 3.38. The number of likely N-dealkylation sites (tertiary alicyclic amines) is 1. The van der Waals surface area contributed by atoms with E-state index in [0.717, 1.165) is 43.9 Å². The highest BCUT2D eigenvalue weighted by molar-refractivity contribution is 5.95. The van der Waals surface area contributed by atoms with Crippen LogP contribution in [0.1, 0.15) is 23.0 Å². The predicted molar refractivity (Wildman–Crippen MR) is 63.8 cm³/mol. The smallest absolute Gasteiger partial charge is 0.257 e. The molecule has 0 spiro atoms. The van der Waals surface area contributed by atoms with E-state index in [2.05, 4.69) is 5.32 Å². The van der Waals surface area contributed by atoms with Gasteiger partial charge in [0.2, 0.25) is 0 Å². The minimum Gasteiger partial charge on any atom is -0.469 e. The number of hydrogen-bond acceptors (Lipinski definition) is 3. The Morgan fingerprint density at radius 3 is 2.82 bits per heavy atom. The molecule has 3 heterocycles. The Morgan fingerprint density at radius 1 is 1.47 bits per heavy atom. The van der Waals surface area contributed by atoms with Crippen LogP contribution in [0.2, 0.25) is 0 Å². The van der Waals surface area contributed by atoms with Crippen LogP contribution >= 0.6 is 0 Å². The molecule has 1 amide bonds. The molecule has 17 heavy (non-hydrogen) atoms. The second kappa shape index (κ2) is 4.18. The van der Waals surface area contributed by atoms with Gasteiger partial charge in [0.15, 0.2) is 0 Å². The Balaban J connectivity index is 1.75. The molecule has 2 atom stereocenters. The highest BCUT2D eigenvalue weighted by Crippen LogP contribution is 2.28. The number of hydrogen-bond donors (Lipinski definition) is 1. The summed E-state index contributed by atoms with van der Waals surface area (Å²) >= 11 is 0. The molecule has 0 aromatic carbocycles. The molecule has 4 nitrogen and oxygen atoms in total. The van der Waals surface area contributed by atoms with Crippen molar-refractivity contribution in [1.82, 2.24) is 10.2 Å². The fraction of sp³-hybridized carbons (Fsp3) is 0.615. The van der Waals surface area contributed by atoms with Crippen LogP contribution in [0, 0.1) is 11.8 Å². The summed E-state index contributed by atoms with van der Waals surface area (Å²) in [6.45, 7) is 5.91. The van der Waals surface area contributed by atoms with Crippen molar-refractivity contribution in [2.24, 2.45) is 11.8 Å². The molecular weight excluding hydrogens is 216 g/mol. The fourth-order valence-electron chi connectivity index (χ4n) is 3.00. The SMILES string of the molecule is CCc1occc1C(=O)N1C[C@H]2CNC[C@H]2C1. The van der Waals surface area contributed by atoms with E-state index in [0.29, 0.717) is 11.8 Å². The van der Waals surface area contributed by atoms with E-state index >= 15 is 0 Å². The largest absolute Gasteiger partial charge is 0.469 e. The maximum absolute atomic E-state index is 12.4. The maximum atomic E-state index is 12.4. The van der Waals surface area contributed by atoms with Gasteiger partial charge in [0.25, 0.3) is 5.91 Å². The first-order valence-corrected chi connectivity index (χ1v) is 6.36. The average molecular weight is 234 g/mol. The van der Waals surface area contributed by atoms with Crippen LogP contribution in [-0.4, -0.2) is 37.0 Å². The molecule has 4 heteroatoms. The van der Waals surface area contributed by atoms with Crippen LogP contribution in [0.15, 0.2) is 16.7 Å². The van der Waals surface area contributed by atoms with Crippen molar-refractivity contribution in [3.63, 3.8) is 0 Å². The monoisotopic (exact) mass is 234 g/mol. The highest BCUT2D eigenvalue weighted by atomic mass is 16.3. The summed E-state index contributed by atoms with van der Waals surface area (Å²) in [5.41, 5.74) is 0.750. The number of amides is 1. The Bertz CT molecular complexity index is 415. The lowest BCUT2D eigenvalue weighted by Gasteiger charge is -2.17. The van der Waals surface area contributed by atoms with Gasteiger partial charge in [0.05, 0.1) is 11.8 Å². The van der Waals surface area contributed by atoms with E-state index in [4.69, 9.17) is 4.42 Å². The molecule has 2 aliphatic heterocycles. The number of aryl methyl sites for hydroxylation is 1. The molecule has 1 N–H and O–H groups in total. The summed E-state index contributed by atoms with van der Waals surface area (Å²) in [6.07, 6.45) is 2.39. The zero-order chi connectivity index (χ0) is 11.8. The highest BCUT2D eigenvalue weighted by Gasteiger charge is 2.38. The Hall–Kier alpha value is -1.29. The molecule has 1 aromatic heterocycles. The van der Waals surface area contributed by atoms with Crippen molar-refractivity contribution in [3.05, 3.63) is 23.7 Å². The average Bonchev–Trinajstić information content (AvgIpc) is 3.02. The molecule has 0 radical (unpaired) electrons. The van der Waals surface area contributed by atoms with Crippen molar-refractivity contribution in [1.29, 1.82) is 0 Å². The van der Waals surface area contributed by atoms with E-state index < -0.39 is 0 Å². The van der Waals surface area contributed by atoms with Crippen molar-refractivity contribution < 1.29 is 9.21 Å². The number of carbonyl (C=O) groups excluding carboxylic acids is 1. The number of fused-ring (bicyclic) bond motifs is 1. The predicted octanol–water partition coefficient (Wildman–Crippen LogP) is 1.13. The van der Waals surface area contributed by atoms with Crippen molar-refractivity contribution >= 4 is 5.91 Å². The number of carbonyl (C=O) groups is 1. The maximum Gasteiger partial charge on any atom is 0.257 e. The van der Waals surface area contributed by atoms with E-state index in [-0.39, 0.29) is 5.91 Å². The molecule has 3 rings (SSSR count). The van der Waals surface area contributed by atoms with Crippen LogP contribution < -0.4 is 5.32 Å². The van der Waals surface area contributed by atoms with E-state index in [9.17, 15) is 4.79 Å². The van der Waals surface area contributed by atoms with Gasteiger partial charge in [0.1, 0.15) is 5.76 Å². The van der Waals surface area contributed by atoms with Gasteiger partial charge in [-0.15, -0.1) is 0 Å². The Morgan fingerprint density at radius 2 is 2.18 bits per heavy atom. The number of nitrogens with one attached hydrogen (secondary N) is 1. The second-order valence-electron chi connectivity index (χ2n) is 5.00. The minimum atomic E-state index is 0.144. The molecule has 2 saturated heterocycles. The van der Waals surface area contributed by atoms with Crippen LogP contribution in [0.4, 0.5) is 0 Å². The van der Waals surface area contributed by atoms with Gasteiger partial charge in [-0.3, -0.25) is 4.79 Å². The third kappa shape index (κ3) is 1.76. The molecule has 92 valence electrons. The van der Waals surface area contributed by atoms with Crippen LogP contribution in [-0.2, 0) is 6.42 Å². The normalized spacial score (nSPS) is 27.5. The lowest BCUT2D eigenvalue weighted by atomic mass is 10.0. The van der Waals surface area contributed by atoms with Gasteiger partial charge in [-0.1, -0.05) is 6.92 Å². The summed E-state index contributed by atoms with van der Waals surface area (Å²) in [7, 11) is 0. The van der Waals surface area contributed by atoms with Crippen LogP contribution in [0.25, 0.3) is 0 Å². The zero-order valence-electron chi connectivity index (χ0n) is 10.1. The van der Waals surface area contributed by atoms with Crippen molar-refractivity contribution in [2.45, 2.75) is 13.3 Å². The molecule has 0 aliphatic carbocycles. The van der Waals surface area contributed by atoms with Gasteiger partial charge in [-0.05, 0) is 17.9 Å². The Labute approximate surface area is 101 Å². The second-order valence-corrected chi connectivity index (χ2v) is 5.00. The van der Waals surface area contributed by atoms with Gasteiger partial charge >= 0.3 is 0 Å². The topological polar surface area (TPSA) is 45.5 Å². The third-order valence-electron chi connectivity index (χ3n) is 3.97. The quantitative estimate of drug-likeness (QED) is 0.834.